The first kappa shape index (κ1) is 32.7. The smallest absolute Gasteiger partial charge is 0.227 e. The summed E-state index contributed by atoms with van der Waals surface area (Å²) in [5, 5.41) is 8.49. The van der Waals surface area contributed by atoms with E-state index >= 15 is 0 Å². The summed E-state index contributed by atoms with van der Waals surface area (Å²) < 4.78 is 1.90. The van der Waals surface area contributed by atoms with Gasteiger partial charge in [-0.2, -0.15) is 5.10 Å². The van der Waals surface area contributed by atoms with Crippen LogP contribution >= 0.6 is 0 Å². The highest BCUT2D eigenvalue weighted by Crippen LogP contribution is 2.38. The molecule has 2 saturated heterocycles. The van der Waals surface area contributed by atoms with Crippen LogP contribution in [0.3, 0.4) is 0 Å². The molecule has 2 aliphatic heterocycles. The lowest BCUT2D eigenvalue weighted by Crippen LogP contribution is -2.45. The molecule has 0 radical (unpaired) electrons. The lowest BCUT2D eigenvalue weighted by molar-refractivity contribution is -0.140. The van der Waals surface area contributed by atoms with Gasteiger partial charge in [-0.05, 0) is 83.2 Å². The predicted octanol–water partition coefficient (Wildman–Crippen LogP) is 4.96. The molecule has 0 aromatic carbocycles. The van der Waals surface area contributed by atoms with Crippen LogP contribution in [0.1, 0.15) is 115 Å². The Labute approximate surface area is 254 Å². The summed E-state index contributed by atoms with van der Waals surface area (Å²) in [4.78, 5) is 23.8. The van der Waals surface area contributed by atoms with E-state index in [0.717, 1.165) is 113 Å². The van der Waals surface area contributed by atoms with Crippen molar-refractivity contribution in [3.8, 4) is 0 Å². The fourth-order valence-corrected chi connectivity index (χ4v) is 7.08. The molecule has 0 bridgehead atoms. The molecule has 5 N–H and O–H groups in total. The zero-order valence-corrected chi connectivity index (χ0v) is 26.9. The third-order valence-electron chi connectivity index (χ3n) is 9.73. The maximum Gasteiger partial charge on any atom is 0.227 e. The second-order valence-electron chi connectivity index (χ2n) is 13.4. The molecule has 4 heterocycles. The average Bonchev–Trinajstić information content (AvgIpc) is 3.61. The molecule has 9 nitrogen and oxygen atoms in total. The molecular formula is C33H58N8O. The Morgan fingerprint density at radius 3 is 2.67 bits per heavy atom. The van der Waals surface area contributed by atoms with E-state index in [9.17, 15) is 4.79 Å². The number of aromatic nitrogens is 3. The SMILES string of the molecule is CCCCCC(C)(CCCN)CCC(CNCC)C(=O)N1CCCCC1c1cc2nc(N3CCC(N)C3)c(C)cn2n1. The summed E-state index contributed by atoms with van der Waals surface area (Å²) in [6.07, 6.45) is 15.3. The van der Waals surface area contributed by atoms with Crippen molar-refractivity contribution in [2.24, 2.45) is 22.8 Å². The van der Waals surface area contributed by atoms with Crippen LogP contribution in [0, 0.1) is 18.3 Å². The molecule has 4 atom stereocenters. The zero-order valence-electron chi connectivity index (χ0n) is 26.9. The number of likely N-dealkylation sites (tertiary alicyclic amines) is 1. The first-order valence-electron chi connectivity index (χ1n) is 16.9. The quantitative estimate of drug-likeness (QED) is 0.240. The monoisotopic (exact) mass is 582 g/mol. The number of aryl methyl sites for hydroxylation is 1. The first-order valence-corrected chi connectivity index (χ1v) is 16.9. The largest absolute Gasteiger partial charge is 0.355 e. The van der Waals surface area contributed by atoms with Crippen LogP contribution in [-0.4, -0.2) is 70.7 Å². The number of amides is 1. The molecule has 2 fully saturated rings. The molecule has 9 heteroatoms. The minimum atomic E-state index is -0.0303. The number of nitrogens with zero attached hydrogens (tertiary/aromatic N) is 5. The Balaban J connectivity index is 1.52. The fraction of sp³-hybridized carbons (Fsp3) is 0.788. The van der Waals surface area contributed by atoms with Crippen molar-refractivity contribution in [2.75, 3.05) is 44.2 Å². The molecule has 0 saturated carbocycles. The normalized spacial score (nSPS) is 21.7. The molecule has 2 aromatic rings. The molecular weight excluding hydrogens is 524 g/mol. The number of carbonyl (C=O) groups excluding carboxylic acids is 1. The number of piperidine rings is 1. The van der Waals surface area contributed by atoms with Crippen molar-refractivity contribution in [1.29, 1.82) is 0 Å². The average molecular weight is 583 g/mol. The van der Waals surface area contributed by atoms with Crippen LogP contribution in [-0.2, 0) is 4.79 Å². The lowest BCUT2D eigenvalue weighted by atomic mass is 9.75. The van der Waals surface area contributed by atoms with Crippen LogP contribution in [0.4, 0.5) is 5.82 Å². The van der Waals surface area contributed by atoms with E-state index in [1.165, 1.54) is 25.7 Å². The fourth-order valence-electron chi connectivity index (χ4n) is 7.08. The molecule has 1 amide bonds. The van der Waals surface area contributed by atoms with E-state index in [4.69, 9.17) is 21.5 Å². The standard InChI is InChI=1S/C33H58N8O/c1-5-7-9-15-33(4,16-11-18-34)17-13-26(22-36-6-2)32(42)40-19-10-8-12-29(40)28-21-30-37-31(25(3)23-41(30)38-28)39-20-14-27(35)24-39/h21,23,26-27,29,36H,5-20,22,24,34-35H2,1-4H3. The Hall–Kier alpha value is -2.23. The maximum absolute atomic E-state index is 14.3. The van der Waals surface area contributed by atoms with E-state index in [1.807, 2.05) is 4.52 Å². The third kappa shape index (κ3) is 8.23. The number of unbranched alkanes of at least 4 members (excludes halogenated alkanes) is 2. The Bertz CT molecular complexity index is 1130. The molecule has 0 spiro atoms. The second-order valence-corrected chi connectivity index (χ2v) is 13.4. The van der Waals surface area contributed by atoms with E-state index in [2.05, 4.69) is 55.1 Å². The lowest BCUT2D eigenvalue weighted by Gasteiger charge is -2.38. The Kier molecular flexibility index (Phi) is 12.0. The number of nitrogens with one attached hydrogen (secondary N) is 1. The van der Waals surface area contributed by atoms with Crippen LogP contribution in [0.15, 0.2) is 12.3 Å². The highest BCUT2D eigenvalue weighted by molar-refractivity contribution is 5.79. The number of carbonyl (C=O) groups is 1. The van der Waals surface area contributed by atoms with E-state index in [-0.39, 0.29) is 29.3 Å². The number of anilines is 1. The van der Waals surface area contributed by atoms with Gasteiger partial charge in [0.15, 0.2) is 5.65 Å². The van der Waals surface area contributed by atoms with Gasteiger partial charge in [0.1, 0.15) is 5.82 Å². The molecule has 0 aliphatic carbocycles. The summed E-state index contributed by atoms with van der Waals surface area (Å²) in [5.41, 5.74) is 15.2. The van der Waals surface area contributed by atoms with Gasteiger partial charge in [0, 0.05) is 50.0 Å². The Morgan fingerprint density at radius 2 is 1.95 bits per heavy atom. The number of hydrogen-bond acceptors (Lipinski definition) is 7. The van der Waals surface area contributed by atoms with Gasteiger partial charge in [0.2, 0.25) is 5.91 Å². The van der Waals surface area contributed by atoms with Gasteiger partial charge < -0.3 is 26.6 Å². The summed E-state index contributed by atoms with van der Waals surface area (Å²) >= 11 is 0. The summed E-state index contributed by atoms with van der Waals surface area (Å²) in [6.45, 7) is 13.8. The van der Waals surface area contributed by atoms with Crippen molar-refractivity contribution in [2.45, 2.75) is 117 Å². The molecule has 42 heavy (non-hydrogen) atoms. The Morgan fingerprint density at radius 1 is 1.14 bits per heavy atom. The minimum absolute atomic E-state index is 0.00535. The van der Waals surface area contributed by atoms with Gasteiger partial charge in [-0.1, -0.05) is 40.0 Å². The first-order chi connectivity index (χ1) is 20.3. The summed E-state index contributed by atoms with van der Waals surface area (Å²) in [5.74, 6) is 1.25. The summed E-state index contributed by atoms with van der Waals surface area (Å²) in [7, 11) is 0. The summed E-state index contributed by atoms with van der Waals surface area (Å²) in [6, 6.07) is 2.30. The van der Waals surface area contributed by atoms with Crippen molar-refractivity contribution >= 4 is 17.4 Å². The van der Waals surface area contributed by atoms with Gasteiger partial charge in [-0.15, -0.1) is 0 Å². The number of fused-ring (bicyclic) bond motifs is 1. The second kappa shape index (κ2) is 15.5. The highest BCUT2D eigenvalue weighted by atomic mass is 16.2. The van der Waals surface area contributed by atoms with Gasteiger partial charge in [-0.3, -0.25) is 4.79 Å². The van der Waals surface area contributed by atoms with Gasteiger partial charge in [0.05, 0.1) is 17.7 Å². The molecule has 4 rings (SSSR count). The van der Waals surface area contributed by atoms with Crippen molar-refractivity contribution < 1.29 is 4.79 Å². The number of rotatable bonds is 16. The zero-order chi connectivity index (χ0) is 30.1. The van der Waals surface area contributed by atoms with E-state index in [0.29, 0.717) is 0 Å². The van der Waals surface area contributed by atoms with E-state index in [1.54, 1.807) is 0 Å². The van der Waals surface area contributed by atoms with Gasteiger partial charge >= 0.3 is 0 Å². The van der Waals surface area contributed by atoms with E-state index < -0.39 is 0 Å². The topological polar surface area (TPSA) is 118 Å². The van der Waals surface area contributed by atoms with Gasteiger partial charge in [-0.25, -0.2) is 9.50 Å². The third-order valence-corrected chi connectivity index (χ3v) is 9.73. The predicted molar refractivity (Wildman–Crippen MR) is 173 cm³/mol. The molecule has 2 aliphatic rings. The van der Waals surface area contributed by atoms with Crippen molar-refractivity contribution in [1.82, 2.24) is 24.8 Å². The van der Waals surface area contributed by atoms with Crippen LogP contribution in [0.2, 0.25) is 0 Å². The molecule has 236 valence electrons. The van der Waals surface area contributed by atoms with Crippen LogP contribution < -0.4 is 21.7 Å². The van der Waals surface area contributed by atoms with Crippen LogP contribution in [0.5, 0.6) is 0 Å². The molecule has 2 aromatic heterocycles. The minimum Gasteiger partial charge on any atom is -0.355 e. The van der Waals surface area contributed by atoms with Crippen LogP contribution in [0.25, 0.3) is 5.65 Å². The highest BCUT2D eigenvalue weighted by Gasteiger charge is 2.35. The number of hydrogen-bond donors (Lipinski definition) is 3. The maximum atomic E-state index is 14.3. The van der Waals surface area contributed by atoms with Crippen molar-refractivity contribution in [3.63, 3.8) is 0 Å². The molecule has 4 unspecified atom stereocenters. The number of nitrogens with two attached hydrogens (primary N) is 2. The van der Waals surface area contributed by atoms with Crippen molar-refractivity contribution in [3.05, 3.63) is 23.5 Å². The van der Waals surface area contributed by atoms with Gasteiger partial charge in [0.25, 0.3) is 0 Å².